The molecule has 2 amide bonds. The Morgan fingerprint density at radius 1 is 1.26 bits per heavy atom. The van der Waals surface area contributed by atoms with Gasteiger partial charge in [0.05, 0.1) is 5.92 Å². The van der Waals surface area contributed by atoms with Gasteiger partial charge in [-0.1, -0.05) is 6.07 Å². The Bertz CT molecular complexity index is 793. The summed E-state index contributed by atoms with van der Waals surface area (Å²) in [5, 5.41) is 3.10. The number of likely N-dealkylation sites (tertiary alicyclic amines) is 1. The molecule has 2 aliphatic heterocycles. The van der Waals surface area contributed by atoms with E-state index in [0.29, 0.717) is 37.9 Å². The van der Waals surface area contributed by atoms with Crippen molar-refractivity contribution >= 4 is 11.8 Å². The van der Waals surface area contributed by atoms with E-state index in [4.69, 9.17) is 4.74 Å². The van der Waals surface area contributed by atoms with Crippen LogP contribution in [0, 0.1) is 17.3 Å². The lowest BCUT2D eigenvalue weighted by molar-refractivity contribution is -0.129. The maximum absolute atomic E-state index is 13.1. The predicted octanol–water partition coefficient (Wildman–Crippen LogP) is 0.780. The zero-order valence-corrected chi connectivity index (χ0v) is 15.8. The van der Waals surface area contributed by atoms with Gasteiger partial charge in [-0.25, -0.2) is 0 Å². The number of hydrogen-bond acceptors (Lipinski definition) is 4. The average Bonchev–Trinajstić information content (AvgIpc) is 3.43. The molecule has 1 aromatic heterocycles. The fraction of sp³-hybridized carbons (Fsp3) is 0.650. The zero-order chi connectivity index (χ0) is 19.0. The first-order valence-electron chi connectivity index (χ1n) is 9.81. The minimum absolute atomic E-state index is 0.0565. The van der Waals surface area contributed by atoms with Crippen LogP contribution in [-0.2, 0) is 16.6 Å². The minimum atomic E-state index is -0.227. The molecule has 0 aromatic carbocycles. The van der Waals surface area contributed by atoms with Gasteiger partial charge in [0, 0.05) is 51.4 Å². The van der Waals surface area contributed by atoms with Crippen molar-refractivity contribution in [1.29, 1.82) is 0 Å². The molecule has 3 fully saturated rings. The number of nitrogens with zero attached hydrogens (tertiary/aromatic N) is 2. The van der Waals surface area contributed by atoms with E-state index in [1.807, 2.05) is 0 Å². The maximum Gasteiger partial charge on any atom is 0.270 e. The molecule has 1 N–H and O–H groups in total. The van der Waals surface area contributed by atoms with E-state index in [1.54, 1.807) is 24.1 Å². The Kier molecular flexibility index (Phi) is 4.80. The number of pyridine rings is 1. The van der Waals surface area contributed by atoms with Crippen molar-refractivity contribution in [3.8, 4) is 0 Å². The molecular weight excluding hydrogens is 346 g/mol. The van der Waals surface area contributed by atoms with E-state index >= 15 is 0 Å². The Labute approximate surface area is 158 Å². The summed E-state index contributed by atoms with van der Waals surface area (Å²) in [4.78, 5) is 39.7. The van der Waals surface area contributed by atoms with Crippen molar-refractivity contribution in [2.75, 3.05) is 32.8 Å². The smallest absolute Gasteiger partial charge is 0.270 e. The standard InChI is InChI=1S/C20H27N3O4/c1-22-16(3-2-4-17(22)24)19(26)23-12-15(18(25)21-11-14-5-6-14)20(13-23)7-9-27-10-8-20/h2-4,14-15H,5-13H2,1H3,(H,21,25). The van der Waals surface area contributed by atoms with E-state index in [2.05, 4.69) is 5.32 Å². The minimum Gasteiger partial charge on any atom is -0.381 e. The zero-order valence-electron chi connectivity index (χ0n) is 15.8. The molecule has 1 aliphatic carbocycles. The third-order valence-electron chi connectivity index (χ3n) is 6.41. The molecule has 0 bridgehead atoms. The average molecular weight is 373 g/mol. The molecule has 3 heterocycles. The number of rotatable bonds is 4. The SMILES string of the molecule is Cn1c(C(=O)N2CC(C(=O)NCC3CC3)C3(CCOCC3)C2)cccc1=O. The number of carbonyl (C=O) groups is 2. The van der Waals surface area contributed by atoms with Gasteiger partial charge < -0.3 is 19.5 Å². The van der Waals surface area contributed by atoms with Crippen LogP contribution in [0.5, 0.6) is 0 Å². The lowest BCUT2D eigenvalue weighted by Crippen LogP contribution is -2.44. The summed E-state index contributed by atoms with van der Waals surface area (Å²) in [5.74, 6) is 0.280. The van der Waals surface area contributed by atoms with E-state index in [9.17, 15) is 14.4 Å². The Hall–Kier alpha value is -2.15. The molecule has 2 saturated heterocycles. The third-order valence-corrected chi connectivity index (χ3v) is 6.41. The molecular formula is C20H27N3O4. The number of aromatic nitrogens is 1. The van der Waals surface area contributed by atoms with Crippen LogP contribution in [0.15, 0.2) is 23.0 Å². The van der Waals surface area contributed by atoms with Crippen LogP contribution in [0.3, 0.4) is 0 Å². The second-order valence-electron chi connectivity index (χ2n) is 8.21. The summed E-state index contributed by atoms with van der Waals surface area (Å²) in [6, 6.07) is 4.71. The fourth-order valence-corrected chi connectivity index (χ4v) is 4.40. The molecule has 1 spiro atoms. The van der Waals surface area contributed by atoms with Crippen molar-refractivity contribution in [3.05, 3.63) is 34.2 Å². The summed E-state index contributed by atoms with van der Waals surface area (Å²) in [6.07, 6.45) is 3.95. The molecule has 1 aromatic rings. The summed E-state index contributed by atoms with van der Waals surface area (Å²) >= 11 is 0. The molecule has 1 saturated carbocycles. The Morgan fingerprint density at radius 2 is 2.00 bits per heavy atom. The summed E-state index contributed by atoms with van der Waals surface area (Å²) in [5.41, 5.74) is -0.0712. The van der Waals surface area contributed by atoms with Gasteiger partial charge in [0.15, 0.2) is 0 Å². The van der Waals surface area contributed by atoms with Gasteiger partial charge in [-0.2, -0.15) is 0 Å². The predicted molar refractivity (Wildman–Crippen MR) is 99.3 cm³/mol. The fourth-order valence-electron chi connectivity index (χ4n) is 4.40. The van der Waals surface area contributed by atoms with Crippen molar-refractivity contribution < 1.29 is 14.3 Å². The topological polar surface area (TPSA) is 80.6 Å². The normalized spacial score (nSPS) is 24.2. The Balaban J connectivity index is 1.56. The largest absolute Gasteiger partial charge is 0.381 e. The molecule has 27 heavy (non-hydrogen) atoms. The highest BCUT2D eigenvalue weighted by molar-refractivity contribution is 5.93. The molecule has 7 heteroatoms. The van der Waals surface area contributed by atoms with Crippen LogP contribution < -0.4 is 10.9 Å². The highest BCUT2D eigenvalue weighted by Crippen LogP contribution is 2.44. The second-order valence-corrected chi connectivity index (χ2v) is 8.21. The van der Waals surface area contributed by atoms with Crippen LogP contribution in [-0.4, -0.2) is 54.1 Å². The maximum atomic E-state index is 13.1. The third kappa shape index (κ3) is 3.52. The molecule has 146 valence electrons. The summed E-state index contributed by atoms with van der Waals surface area (Å²) in [6.45, 7) is 2.93. The first kappa shape index (κ1) is 18.2. The monoisotopic (exact) mass is 373 g/mol. The van der Waals surface area contributed by atoms with E-state index in [1.165, 1.54) is 23.5 Å². The number of ether oxygens (including phenoxy) is 1. The van der Waals surface area contributed by atoms with E-state index in [-0.39, 0.29) is 28.7 Å². The molecule has 4 rings (SSSR count). The molecule has 7 nitrogen and oxygen atoms in total. The van der Waals surface area contributed by atoms with Gasteiger partial charge in [0.1, 0.15) is 5.69 Å². The Morgan fingerprint density at radius 3 is 2.70 bits per heavy atom. The lowest BCUT2D eigenvalue weighted by atomic mass is 9.71. The lowest BCUT2D eigenvalue weighted by Gasteiger charge is -2.37. The van der Waals surface area contributed by atoms with Gasteiger partial charge in [0.2, 0.25) is 5.91 Å². The first-order valence-corrected chi connectivity index (χ1v) is 9.81. The molecule has 1 unspecified atom stereocenters. The number of hydrogen-bond donors (Lipinski definition) is 1. The van der Waals surface area contributed by atoms with E-state index in [0.717, 1.165) is 19.4 Å². The van der Waals surface area contributed by atoms with Gasteiger partial charge in [0.25, 0.3) is 11.5 Å². The second kappa shape index (κ2) is 7.11. The molecule has 0 radical (unpaired) electrons. The number of carbonyl (C=O) groups excluding carboxylic acids is 2. The summed E-state index contributed by atoms with van der Waals surface area (Å²) < 4.78 is 6.90. The van der Waals surface area contributed by atoms with E-state index < -0.39 is 0 Å². The van der Waals surface area contributed by atoms with Gasteiger partial charge in [-0.3, -0.25) is 14.4 Å². The van der Waals surface area contributed by atoms with Gasteiger partial charge in [-0.05, 0) is 37.7 Å². The van der Waals surface area contributed by atoms with Crippen molar-refractivity contribution in [2.24, 2.45) is 24.3 Å². The molecule has 1 atom stereocenters. The van der Waals surface area contributed by atoms with Crippen molar-refractivity contribution in [3.63, 3.8) is 0 Å². The van der Waals surface area contributed by atoms with Crippen LogP contribution in [0.1, 0.15) is 36.2 Å². The number of nitrogens with one attached hydrogen (secondary N) is 1. The van der Waals surface area contributed by atoms with Crippen molar-refractivity contribution in [1.82, 2.24) is 14.8 Å². The van der Waals surface area contributed by atoms with Gasteiger partial charge in [-0.15, -0.1) is 0 Å². The van der Waals surface area contributed by atoms with Crippen LogP contribution >= 0.6 is 0 Å². The highest BCUT2D eigenvalue weighted by atomic mass is 16.5. The quantitative estimate of drug-likeness (QED) is 0.846. The number of amides is 2. The molecule has 3 aliphatic rings. The van der Waals surface area contributed by atoms with Gasteiger partial charge >= 0.3 is 0 Å². The van der Waals surface area contributed by atoms with Crippen LogP contribution in [0.2, 0.25) is 0 Å². The van der Waals surface area contributed by atoms with Crippen LogP contribution in [0.25, 0.3) is 0 Å². The summed E-state index contributed by atoms with van der Waals surface area (Å²) in [7, 11) is 1.61. The highest BCUT2D eigenvalue weighted by Gasteiger charge is 2.52. The van der Waals surface area contributed by atoms with Crippen LogP contribution in [0.4, 0.5) is 0 Å². The van der Waals surface area contributed by atoms with Crippen molar-refractivity contribution in [2.45, 2.75) is 25.7 Å². The first-order chi connectivity index (χ1) is 13.0.